The van der Waals surface area contributed by atoms with E-state index in [0.717, 1.165) is 9.35 Å². The highest BCUT2D eigenvalue weighted by atomic mass is 79.9. The second-order valence-corrected chi connectivity index (χ2v) is 5.74. The monoisotopic (exact) mass is 314 g/mol. The van der Waals surface area contributed by atoms with Crippen LogP contribution in [0.25, 0.3) is 0 Å². The molecule has 0 aliphatic rings. The summed E-state index contributed by atoms with van der Waals surface area (Å²) in [7, 11) is 0. The molecular weight excluding hydrogens is 307 g/mol. The number of halogens is 2. The molecule has 2 rings (SSSR count). The Balaban J connectivity index is 2.17. The van der Waals surface area contributed by atoms with Crippen molar-refractivity contribution in [3.63, 3.8) is 0 Å². The van der Waals surface area contributed by atoms with E-state index in [9.17, 15) is 9.18 Å². The lowest BCUT2D eigenvalue weighted by Crippen LogP contribution is -2.11. The van der Waals surface area contributed by atoms with E-state index in [2.05, 4.69) is 26.2 Å². The molecule has 0 bridgehead atoms. The van der Waals surface area contributed by atoms with Crippen LogP contribution in [0.4, 0.5) is 10.2 Å². The van der Waals surface area contributed by atoms with E-state index in [1.807, 2.05) is 6.92 Å². The van der Waals surface area contributed by atoms with E-state index in [-0.39, 0.29) is 11.7 Å². The smallest absolute Gasteiger partial charge is 0.266 e. The van der Waals surface area contributed by atoms with E-state index in [1.165, 1.54) is 29.5 Å². The van der Waals surface area contributed by atoms with Crippen molar-refractivity contribution in [2.75, 3.05) is 5.32 Å². The number of hydrogen-bond acceptors (Lipinski definition) is 3. The van der Waals surface area contributed by atoms with E-state index in [0.29, 0.717) is 4.88 Å². The quantitative estimate of drug-likeness (QED) is 0.860. The van der Waals surface area contributed by atoms with Crippen LogP contribution in [0.1, 0.15) is 15.2 Å². The lowest BCUT2D eigenvalue weighted by atomic mass is 10.3. The number of nitrogens with zero attached hydrogens (tertiary/aromatic N) is 1. The average molecular weight is 315 g/mol. The lowest BCUT2D eigenvalue weighted by Gasteiger charge is -2.01. The zero-order chi connectivity index (χ0) is 12.4. The average Bonchev–Trinajstić information content (AvgIpc) is 2.59. The van der Waals surface area contributed by atoms with Crippen molar-refractivity contribution in [2.45, 2.75) is 6.92 Å². The molecule has 0 atom stereocenters. The number of hydrogen-bond donors (Lipinski definition) is 1. The molecule has 0 radical (unpaired) electrons. The van der Waals surface area contributed by atoms with Gasteiger partial charge in [0.05, 0.1) is 8.66 Å². The maximum Gasteiger partial charge on any atom is 0.266 e. The van der Waals surface area contributed by atoms with Crippen LogP contribution >= 0.6 is 27.3 Å². The number of aromatic nitrogens is 1. The van der Waals surface area contributed by atoms with Gasteiger partial charge in [-0.05, 0) is 46.6 Å². The predicted molar refractivity (Wildman–Crippen MR) is 68.9 cm³/mol. The molecule has 1 N–H and O–H groups in total. The minimum atomic E-state index is -0.619. The molecule has 0 saturated carbocycles. The molecule has 3 nitrogen and oxygen atoms in total. The van der Waals surface area contributed by atoms with Crippen molar-refractivity contribution < 1.29 is 9.18 Å². The SMILES string of the molecule is Cc1cc(C(=O)Nc2cccc(F)n2)sc1Br. The standard InChI is InChI=1S/C11H8BrFN2OS/c1-6-5-7(17-10(6)12)11(16)15-9-4-2-3-8(13)14-9/h2-5H,1H3,(H,14,15,16). The number of amides is 1. The minimum absolute atomic E-state index is 0.206. The number of rotatable bonds is 2. The van der Waals surface area contributed by atoms with Crippen molar-refractivity contribution in [1.82, 2.24) is 4.98 Å². The highest BCUT2D eigenvalue weighted by Gasteiger charge is 2.12. The zero-order valence-corrected chi connectivity index (χ0v) is 11.2. The van der Waals surface area contributed by atoms with Crippen molar-refractivity contribution in [3.8, 4) is 0 Å². The van der Waals surface area contributed by atoms with Crippen LogP contribution in [0, 0.1) is 12.9 Å². The van der Waals surface area contributed by atoms with Gasteiger partial charge in [0.25, 0.3) is 5.91 Å². The second kappa shape index (κ2) is 4.93. The normalized spacial score (nSPS) is 10.3. The second-order valence-electron chi connectivity index (χ2n) is 3.37. The summed E-state index contributed by atoms with van der Waals surface area (Å²) in [5, 5.41) is 2.54. The fourth-order valence-corrected chi connectivity index (χ4v) is 2.66. The van der Waals surface area contributed by atoms with E-state index >= 15 is 0 Å². The molecule has 88 valence electrons. The van der Waals surface area contributed by atoms with Crippen LogP contribution in [-0.4, -0.2) is 10.9 Å². The Labute approximate surface area is 110 Å². The van der Waals surface area contributed by atoms with Gasteiger partial charge in [0.15, 0.2) is 0 Å². The third-order valence-electron chi connectivity index (χ3n) is 2.04. The third-order valence-corrected chi connectivity index (χ3v) is 4.17. The molecule has 0 spiro atoms. The Morgan fingerprint density at radius 3 is 2.88 bits per heavy atom. The highest BCUT2D eigenvalue weighted by Crippen LogP contribution is 2.27. The molecule has 2 aromatic heterocycles. The molecule has 6 heteroatoms. The van der Waals surface area contributed by atoms with Crippen LogP contribution in [0.2, 0.25) is 0 Å². The van der Waals surface area contributed by atoms with Crippen molar-refractivity contribution in [1.29, 1.82) is 0 Å². The summed E-state index contributed by atoms with van der Waals surface area (Å²) in [6, 6.07) is 6.02. The Bertz CT molecular complexity index is 551. The van der Waals surface area contributed by atoms with Crippen LogP contribution in [-0.2, 0) is 0 Å². The maximum absolute atomic E-state index is 12.8. The largest absolute Gasteiger partial charge is 0.306 e. The fraction of sp³-hybridized carbons (Fsp3) is 0.0909. The Morgan fingerprint density at radius 2 is 2.29 bits per heavy atom. The zero-order valence-electron chi connectivity index (χ0n) is 8.83. The number of anilines is 1. The number of carbonyl (C=O) groups is 1. The third kappa shape index (κ3) is 2.89. The minimum Gasteiger partial charge on any atom is -0.306 e. The first-order valence-electron chi connectivity index (χ1n) is 4.76. The maximum atomic E-state index is 12.8. The first-order valence-corrected chi connectivity index (χ1v) is 6.37. The molecule has 0 aliphatic carbocycles. The fourth-order valence-electron chi connectivity index (χ4n) is 1.23. The molecule has 0 aliphatic heterocycles. The molecule has 2 aromatic rings. The van der Waals surface area contributed by atoms with Crippen molar-refractivity contribution >= 4 is 39.0 Å². The van der Waals surface area contributed by atoms with Gasteiger partial charge in [0, 0.05) is 0 Å². The summed E-state index contributed by atoms with van der Waals surface area (Å²) >= 11 is 4.67. The molecule has 0 saturated heterocycles. The Morgan fingerprint density at radius 1 is 1.53 bits per heavy atom. The van der Waals surface area contributed by atoms with Gasteiger partial charge < -0.3 is 5.32 Å². The topological polar surface area (TPSA) is 42.0 Å². The van der Waals surface area contributed by atoms with Crippen molar-refractivity contribution in [3.05, 3.63) is 44.4 Å². The predicted octanol–water partition coefficient (Wildman–Crippen LogP) is 3.61. The number of pyridine rings is 1. The number of nitrogens with one attached hydrogen (secondary N) is 1. The van der Waals surface area contributed by atoms with Gasteiger partial charge in [0.1, 0.15) is 5.82 Å². The van der Waals surface area contributed by atoms with Crippen molar-refractivity contribution in [2.24, 2.45) is 0 Å². The van der Waals surface area contributed by atoms with Gasteiger partial charge in [-0.2, -0.15) is 4.39 Å². The molecule has 1 amide bonds. The van der Waals surface area contributed by atoms with E-state index in [4.69, 9.17) is 0 Å². The Kier molecular flexibility index (Phi) is 3.54. The van der Waals surface area contributed by atoms with Gasteiger partial charge in [0.2, 0.25) is 5.95 Å². The van der Waals surface area contributed by atoms with Gasteiger partial charge in [-0.25, -0.2) is 4.98 Å². The van der Waals surface area contributed by atoms with Gasteiger partial charge in [-0.3, -0.25) is 4.79 Å². The molecule has 2 heterocycles. The summed E-state index contributed by atoms with van der Waals surface area (Å²) in [6.45, 7) is 1.90. The summed E-state index contributed by atoms with van der Waals surface area (Å²) < 4.78 is 13.7. The summed E-state index contributed by atoms with van der Waals surface area (Å²) in [6.07, 6.45) is 0. The van der Waals surface area contributed by atoms with Crippen LogP contribution in [0.15, 0.2) is 28.1 Å². The van der Waals surface area contributed by atoms with E-state index < -0.39 is 5.95 Å². The molecule has 0 aromatic carbocycles. The highest BCUT2D eigenvalue weighted by molar-refractivity contribution is 9.11. The summed E-state index contributed by atoms with van der Waals surface area (Å²) in [5.41, 5.74) is 0.993. The first-order chi connectivity index (χ1) is 8.06. The number of thiophene rings is 1. The van der Waals surface area contributed by atoms with Crippen LogP contribution < -0.4 is 5.32 Å². The molecule has 0 unspecified atom stereocenters. The molecule has 0 fully saturated rings. The molecular formula is C11H8BrFN2OS. The van der Waals surface area contributed by atoms with Gasteiger partial charge in [-0.15, -0.1) is 11.3 Å². The van der Waals surface area contributed by atoms with Crippen LogP contribution in [0.5, 0.6) is 0 Å². The van der Waals surface area contributed by atoms with Gasteiger partial charge >= 0.3 is 0 Å². The van der Waals surface area contributed by atoms with Crippen LogP contribution in [0.3, 0.4) is 0 Å². The summed E-state index contributed by atoms with van der Waals surface area (Å²) in [5.74, 6) is -0.703. The summed E-state index contributed by atoms with van der Waals surface area (Å²) in [4.78, 5) is 15.9. The Hall–Kier alpha value is -1.27. The number of aryl methyl sites for hydroxylation is 1. The molecule has 17 heavy (non-hydrogen) atoms. The first kappa shape index (κ1) is 12.2. The lowest BCUT2D eigenvalue weighted by molar-refractivity contribution is 0.103. The number of carbonyl (C=O) groups excluding carboxylic acids is 1. The van der Waals surface area contributed by atoms with Gasteiger partial charge in [-0.1, -0.05) is 6.07 Å². The van der Waals surface area contributed by atoms with E-state index in [1.54, 1.807) is 6.07 Å².